The molecule has 2 nitrogen and oxygen atoms in total. The van der Waals surface area contributed by atoms with E-state index in [1.165, 1.54) is 0 Å². The van der Waals surface area contributed by atoms with Gasteiger partial charge >= 0.3 is 0 Å². The first-order chi connectivity index (χ1) is 7.20. The summed E-state index contributed by atoms with van der Waals surface area (Å²) in [6.07, 6.45) is 0. The van der Waals surface area contributed by atoms with Crippen molar-refractivity contribution in [1.82, 2.24) is 0 Å². The largest absolute Gasteiger partial charge is 0.490 e. The van der Waals surface area contributed by atoms with Crippen LogP contribution in [0.1, 0.15) is 26.3 Å². The number of ether oxygens (including phenoxy) is 2. The topological polar surface area (TPSA) is 18.5 Å². The summed E-state index contributed by atoms with van der Waals surface area (Å²) in [5, 5.41) is 0. The third-order valence-electron chi connectivity index (χ3n) is 2.03. The molecule has 1 aromatic rings. The Balaban J connectivity index is 3.15. The zero-order valence-electron chi connectivity index (χ0n) is 9.67. The molecule has 0 N–H and O–H groups in total. The highest BCUT2D eigenvalue weighted by Crippen LogP contribution is 2.34. The molecule has 0 atom stereocenters. The molecule has 2 heteroatoms. The average Bonchev–Trinajstić information content (AvgIpc) is 2.21. The van der Waals surface area contributed by atoms with E-state index in [0.29, 0.717) is 13.2 Å². The van der Waals surface area contributed by atoms with Crippen LogP contribution in [0.15, 0.2) is 24.8 Å². The van der Waals surface area contributed by atoms with Crippen LogP contribution >= 0.6 is 0 Å². The summed E-state index contributed by atoms with van der Waals surface area (Å²) in [5.74, 6) is 1.59. The van der Waals surface area contributed by atoms with Crippen LogP contribution in [0.25, 0.3) is 5.57 Å². The molecular weight excluding hydrogens is 188 g/mol. The van der Waals surface area contributed by atoms with Crippen LogP contribution in [0.5, 0.6) is 11.5 Å². The molecule has 0 unspecified atom stereocenters. The molecule has 0 aliphatic heterocycles. The molecule has 0 amide bonds. The fourth-order valence-electron chi connectivity index (χ4n) is 1.41. The summed E-state index contributed by atoms with van der Waals surface area (Å²) in [7, 11) is 0. The predicted molar refractivity (Wildman–Crippen MR) is 63.5 cm³/mol. The Labute approximate surface area is 91.5 Å². The maximum absolute atomic E-state index is 5.60. The van der Waals surface area contributed by atoms with Gasteiger partial charge in [-0.25, -0.2) is 0 Å². The second kappa shape index (κ2) is 5.44. The Morgan fingerprint density at radius 1 is 1.20 bits per heavy atom. The van der Waals surface area contributed by atoms with Crippen molar-refractivity contribution in [3.8, 4) is 11.5 Å². The SMILES string of the molecule is C=C(C)c1cccc(OCC)c1OCC. The second-order valence-electron chi connectivity index (χ2n) is 3.28. The number of hydrogen-bond donors (Lipinski definition) is 0. The maximum Gasteiger partial charge on any atom is 0.168 e. The van der Waals surface area contributed by atoms with E-state index in [1.54, 1.807) is 0 Å². The number of para-hydroxylation sites is 1. The highest BCUT2D eigenvalue weighted by atomic mass is 16.5. The average molecular weight is 206 g/mol. The molecule has 1 rings (SSSR count). The van der Waals surface area contributed by atoms with E-state index >= 15 is 0 Å². The minimum absolute atomic E-state index is 0.629. The van der Waals surface area contributed by atoms with Crippen molar-refractivity contribution in [1.29, 1.82) is 0 Å². The van der Waals surface area contributed by atoms with Crippen molar-refractivity contribution >= 4 is 5.57 Å². The monoisotopic (exact) mass is 206 g/mol. The van der Waals surface area contributed by atoms with Gasteiger partial charge in [-0.2, -0.15) is 0 Å². The Morgan fingerprint density at radius 3 is 2.40 bits per heavy atom. The van der Waals surface area contributed by atoms with Gasteiger partial charge in [-0.15, -0.1) is 0 Å². The van der Waals surface area contributed by atoms with Crippen LogP contribution < -0.4 is 9.47 Å². The lowest BCUT2D eigenvalue weighted by atomic mass is 10.1. The molecule has 0 aliphatic rings. The zero-order valence-corrected chi connectivity index (χ0v) is 9.67. The predicted octanol–water partition coefficient (Wildman–Crippen LogP) is 3.52. The first-order valence-corrected chi connectivity index (χ1v) is 5.25. The highest BCUT2D eigenvalue weighted by molar-refractivity contribution is 5.70. The molecule has 82 valence electrons. The first-order valence-electron chi connectivity index (χ1n) is 5.25. The Bertz CT molecular complexity index is 342. The van der Waals surface area contributed by atoms with Gasteiger partial charge in [-0.3, -0.25) is 0 Å². The number of rotatable bonds is 5. The molecule has 0 bridgehead atoms. The maximum atomic E-state index is 5.60. The van der Waals surface area contributed by atoms with Crippen LogP contribution in [0.4, 0.5) is 0 Å². The molecule has 0 spiro atoms. The van der Waals surface area contributed by atoms with E-state index < -0.39 is 0 Å². The van der Waals surface area contributed by atoms with Crippen LogP contribution in [-0.2, 0) is 0 Å². The lowest BCUT2D eigenvalue weighted by Crippen LogP contribution is -2.00. The third kappa shape index (κ3) is 2.75. The fraction of sp³-hybridized carbons (Fsp3) is 0.385. The number of allylic oxidation sites excluding steroid dienone is 1. The summed E-state index contributed by atoms with van der Waals surface area (Å²) in [6.45, 7) is 11.1. The van der Waals surface area contributed by atoms with Gasteiger partial charge in [-0.1, -0.05) is 18.7 Å². The van der Waals surface area contributed by atoms with Crippen molar-refractivity contribution in [2.24, 2.45) is 0 Å². The second-order valence-corrected chi connectivity index (χ2v) is 3.28. The molecule has 0 heterocycles. The third-order valence-corrected chi connectivity index (χ3v) is 2.03. The van der Waals surface area contributed by atoms with Gasteiger partial charge < -0.3 is 9.47 Å². The van der Waals surface area contributed by atoms with Gasteiger partial charge in [0, 0.05) is 5.56 Å². The Morgan fingerprint density at radius 2 is 1.87 bits per heavy atom. The van der Waals surface area contributed by atoms with Crippen molar-refractivity contribution < 1.29 is 9.47 Å². The van der Waals surface area contributed by atoms with Crippen molar-refractivity contribution in [3.05, 3.63) is 30.3 Å². The summed E-state index contributed by atoms with van der Waals surface area (Å²) >= 11 is 0. The smallest absolute Gasteiger partial charge is 0.168 e. The Kier molecular flexibility index (Phi) is 4.22. The van der Waals surface area contributed by atoms with Crippen LogP contribution in [0, 0.1) is 0 Å². The highest BCUT2D eigenvalue weighted by Gasteiger charge is 2.10. The van der Waals surface area contributed by atoms with Gasteiger partial charge in [0.25, 0.3) is 0 Å². The lowest BCUT2D eigenvalue weighted by Gasteiger charge is -2.14. The van der Waals surface area contributed by atoms with Crippen molar-refractivity contribution in [2.45, 2.75) is 20.8 Å². The van der Waals surface area contributed by atoms with Crippen molar-refractivity contribution in [3.63, 3.8) is 0 Å². The van der Waals surface area contributed by atoms with Gasteiger partial charge in [0.2, 0.25) is 0 Å². The molecule has 1 aromatic carbocycles. The first kappa shape index (κ1) is 11.6. The van der Waals surface area contributed by atoms with Gasteiger partial charge in [0.1, 0.15) is 0 Å². The molecule has 0 saturated heterocycles. The van der Waals surface area contributed by atoms with Crippen LogP contribution in [-0.4, -0.2) is 13.2 Å². The van der Waals surface area contributed by atoms with E-state index in [0.717, 1.165) is 22.6 Å². The zero-order chi connectivity index (χ0) is 11.3. The normalized spacial score (nSPS) is 9.80. The van der Waals surface area contributed by atoms with Gasteiger partial charge in [-0.05, 0) is 32.4 Å². The Hall–Kier alpha value is -1.44. The van der Waals surface area contributed by atoms with Crippen molar-refractivity contribution in [2.75, 3.05) is 13.2 Å². The minimum Gasteiger partial charge on any atom is -0.490 e. The van der Waals surface area contributed by atoms with E-state index in [4.69, 9.17) is 9.47 Å². The number of benzene rings is 1. The van der Waals surface area contributed by atoms with E-state index in [-0.39, 0.29) is 0 Å². The summed E-state index contributed by atoms with van der Waals surface area (Å²) in [4.78, 5) is 0. The van der Waals surface area contributed by atoms with Gasteiger partial charge in [0.05, 0.1) is 13.2 Å². The molecule has 0 aromatic heterocycles. The molecule has 0 aliphatic carbocycles. The van der Waals surface area contributed by atoms with E-state index in [2.05, 4.69) is 6.58 Å². The molecule has 0 radical (unpaired) electrons. The summed E-state index contributed by atoms with van der Waals surface area (Å²) in [6, 6.07) is 5.87. The molecule has 15 heavy (non-hydrogen) atoms. The molecule has 0 saturated carbocycles. The van der Waals surface area contributed by atoms with Gasteiger partial charge in [0.15, 0.2) is 11.5 Å². The van der Waals surface area contributed by atoms with Crippen LogP contribution in [0.3, 0.4) is 0 Å². The minimum atomic E-state index is 0.629. The van der Waals surface area contributed by atoms with E-state index in [1.807, 2.05) is 39.0 Å². The summed E-state index contributed by atoms with van der Waals surface area (Å²) < 4.78 is 11.1. The standard InChI is InChI=1S/C13H18O2/c1-5-14-12-9-7-8-11(10(3)4)13(12)15-6-2/h7-9H,3,5-6H2,1-2,4H3. The molecular formula is C13H18O2. The molecule has 0 fully saturated rings. The quantitative estimate of drug-likeness (QED) is 0.734. The van der Waals surface area contributed by atoms with E-state index in [9.17, 15) is 0 Å². The number of hydrogen-bond acceptors (Lipinski definition) is 2. The lowest BCUT2D eigenvalue weighted by molar-refractivity contribution is 0.287. The van der Waals surface area contributed by atoms with Crippen LogP contribution in [0.2, 0.25) is 0 Å². The summed E-state index contributed by atoms with van der Waals surface area (Å²) in [5.41, 5.74) is 2.00. The fourth-order valence-corrected chi connectivity index (χ4v) is 1.41.